The van der Waals surface area contributed by atoms with Gasteiger partial charge in [-0.15, -0.1) is 25.5 Å². The Morgan fingerprint density at radius 2 is 1.79 bits per heavy atom. The van der Waals surface area contributed by atoms with Crippen molar-refractivity contribution in [2.75, 3.05) is 19.1 Å². The Hall–Kier alpha value is -1.11. The van der Waals surface area contributed by atoms with Crippen LogP contribution >= 0.6 is 11.8 Å². The van der Waals surface area contributed by atoms with Crippen LogP contribution in [0.3, 0.4) is 0 Å². The lowest BCUT2D eigenvalue weighted by atomic mass is 10.0. The number of rotatable bonds is 10. The van der Waals surface area contributed by atoms with Crippen LogP contribution in [0.5, 0.6) is 0 Å². The van der Waals surface area contributed by atoms with E-state index in [-0.39, 0.29) is 0 Å². The fourth-order valence-corrected chi connectivity index (χ4v) is 2.71. The largest absolute Gasteiger partial charge is 0.394 e. The van der Waals surface area contributed by atoms with Crippen molar-refractivity contribution >= 4 is 11.8 Å². The Labute approximate surface area is 156 Å². The Kier molecular flexibility index (Phi) is 27.9. The number of nitrogens with one attached hydrogen (secondary N) is 2. The summed E-state index contributed by atoms with van der Waals surface area (Å²) in [7, 11) is 1.95. The van der Waals surface area contributed by atoms with Gasteiger partial charge in [-0.2, -0.15) is 11.8 Å². The monoisotopic (exact) mass is 352 g/mol. The van der Waals surface area contributed by atoms with E-state index in [1.165, 1.54) is 5.57 Å². The summed E-state index contributed by atoms with van der Waals surface area (Å²) in [6.45, 7) is 14.4. The average molecular weight is 353 g/mol. The maximum absolute atomic E-state index is 5.48. The van der Waals surface area contributed by atoms with Gasteiger partial charge in [-0.1, -0.05) is 31.6 Å². The molecular weight excluding hydrogens is 312 g/mol. The lowest BCUT2D eigenvalue weighted by Gasteiger charge is -2.24. The lowest BCUT2D eigenvalue weighted by Crippen LogP contribution is -2.39. The minimum absolute atomic E-state index is 0.395. The summed E-state index contributed by atoms with van der Waals surface area (Å²) in [5.41, 5.74) is 1.42. The van der Waals surface area contributed by atoms with Crippen molar-refractivity contribution in [3.8, 4) is 12.3 Å². The molecule has 24 heavy (non-hydrogen) atoms. The van der Waals surface area contributed by atoms with Crippen LogP contribution in [0.1, 0.15) is 53.4 Å². The molecule has 0 aliphatic rings. The minimum atomic E-state index is 0.395. The summed E-state index contributed by atoms with van der Waals surface area (Å²) in [5.74, 6) is 3.94. The first-order valence-corrected chi connectivity index (χ1v) is 10.1. The molecule has 140 valence electrons. The summed E-state index contributed by atoms with van der Waals surface area (Å²) < 4.78 is 0. The van der Waals surface area contributed by atoms with E-state index in [9.17, 15) is 0 Å². The van der Waals surface area contributed by atoms with Crippen molar-refractivity contribution in [2.24, 2.45) is 0 Å². The van der Waals surface area contributed by atoms with Gasteiger partial charge in [0.25, 0.3) is 0 Å². The first kappa shape index (κ1) is 27.7. The molecule has 2 nitrogen and oxygen atoms in total. The summed E-state index contributed by atoms with van der Waals surface area (Å²) >= 11 is 1.89. The molecule has 0 fully saturated rings. The molecule has 0 aromatic heterocycles. The highest BCUT2D eigenvalue weighted by atomic mass is 32.2. The highest BCUT2D eigenvalue weighted by Gasteiger charge is 2.14. The van der Waals surface area contributed by atoms with Gasteiger partial charge in [-0.3, -0.25) is 0 Å². The standard InChI is InChI=1S/C15H28N2S.C4H8.C2H4/c1-6-9-15(10-13(7-2)11-16-4)17-14(8-3)12-18-5;1-3-4-2;1-2/h1,11,14-17H,7-10,12H2,2-5H3;3-4H,1-2H3;1-2H2/b13-11+;4-3-;. The second-order valence-electron chi connectivity index (χ2n) is 5.15. The third-order valence-electron chi connectivity index (χ3n) is 3.34. The average Bonchev–Trinajstić information content (AvgIpc) is 2.62. The van der Waals surface area contributed by atoms with Gasteiger partial charge < -0.3 is 10.6 Å². The van der Waals surface area contributed by atoms with Crippen molar-refractivity contribution in [2.45, 2.75) is 65.5 Å². The van der Waals surface area contributed by atoms with Crippen LogP contribution in [0.2, 0.25) is 0 Å². The number of thioether (sulfide) groups is 1. The Balaban J connectivity index is -0.000000636. The quantitative estimate of drug-likeness (QED) is 0.407. The second-order valence-corrected chi connectivity index (χ2v) is 6.06. The molecule has 0 aromatic rings. The number of terminal acetylenes is 1. The minimum Gasteiger partial charge on any atom is -0.394 e. The number of allylic oxidation sites excluding steroid dienone is 2. The molecule has 0 aliphatic carbocycles. The first-order valence-electron chi connectivity index (χ1n) is 8.74. The van der Waals surface area contributed by atoms with Gasteiger partial charge >= 0.3 is 0 Å². The van der Waals surface area contributed by atoms with Crippen LogP contribution in [0, 0.1) is 12.3 Å². The predicted molar refractivity (Wildman–Crippen MR) is 117 cm³/mol. The van der Waals surface area contributed by atoms with Gasteiger partial charge in [0.05, 0.1) is 0 Å². The zero-order valence-electron chi connectivity index (χ0n) is 16.8. The number of hydrogen-bond donors (Lipinski definition) is 2. The highest BCUT2D eigenvalue weighted by molar-refractivity contribution is 7.98. The van der Waals surface area contributed by atoms with Crippen molar-refractivity contribution < 1.29 is 0 Å². The van der Waals surface area contributed by atoms with Crippen molar-refractivity contribution in [3.63, 3.8) is 0 Å². The fraction of sp³-hybridized carbons (Fsp3) is 0.619. The Bertz CT molecular complexity index is 338. The molecule has 0 spiro atoms. The fourth-order valence-electron chi connectivity index (χ4n) is 1.98. The van der Waals surface area contributed by atoms with E-state index in [0.717, 1.165) is 31.4 Å². The van der Waals surface area contributed by atoms with Crippen LogP contribution in [0.25, 0.3) is 0 Å². The van der Waals surface area contributed by atoms with Gasteiger partial charge in [0, 0.05) is 31.3 Å². The topological polar surface area (TPSA) is 24.1 Å². The highest BCUT2D eigenvalue weighted by Crippen LogP contribution is 2.13. The maximum Gasteiger partial charge on any atom is 0.0243 e. The van der Waals surface area contributed by atoms with Crippen LogP contribution < -0.4 is 10.6 Å². The molecule has 0 amide bonds. The van der Waals surface area contributed by atoms with Crippen LogP contribution in [0.4, 0.5) is 0 Å². The molecule has 2 N–H and O–H groups in total. The number of hydrogen-bond acceptors (Lipinski definition) is 3. The van der Waals surface area contributed by atoms with Crippen LogP contribution in [-0.2, 0) is 0 Å². The molecule has 2 atom stereocenters. The zero-order chi connectivity index (χ0) is 19.2. The van der Waals surface area contributed by atoms with E-state index in [4.69, 9.17) is 6.42 Å². The second kappa shape index (κ2) is 24.1. The summed E-state index contributed by atoms with van der Waals surface area (Å²) in [6.07, 6.45) is 17.8. The van der Waals surface area contributed by atoms with Crippen molar-refractivity contribution in [3.05, 3.63) is 37.1 Å². The normalized spacial score (nSPS) is 13.0. The molecule has 0 bridgehead atoms. The van der Waals surface area contributed by atoms with Crippen molar-refractivity contribution in [1.82, 2.24) is 10.6 Å². The molecule has 0 aromatic carbocycles. The molecule has 0 saturated carbocycles. The van der Waals surface area contributed by atoms with Gasteiger partial charge in [0.2, 0.25) is 0 Å². The van der Waals surface area contributed by atoms with E-state index >= 15 is 0 Å². The predicted octanol–water partition coefficient (Wildman–Crippen LogP) is 5.40. The van der Waals surface area contributed by atoms with Gasteiger partial charge in [-0.25, -0.2) is 0 Å². The van der Waals surface area contributed by atoms with E-state index in [2.05, 4.69) is 56.0 Å². The molecular formula is C21H40N2S. The molecule has 2 unspecified atom stereocenters. The lowest BCUT2D eigenvalue weighted by molar-refractivity contribution is 0.439. The molecule has 0 saturated heterocycles. The van der Waals surface area contributed by atoms with E-state index in [1.54, 1.807) is 0 Å². The first-order chi connectivity index (χ1) is 11.6. The molecule has 0 aliphatic heterocycles. The smallest absolute Gasteiger partial charge is 0.0243 e. The Morgan fingerprint density at radius 3 is 2.12 bits per heavy atom. The molecule has 0 radical (unpaired) electrons. The molecule has 0 rings (SSSR count). The van der Waals surface area contributed by atoms with E-state index in [0.29, 0.717) is 12.1 Å². The van der Waals surface area contributed by atoms with Crippen molar-refractivity contribution in [1.29, 1.82) is 0 Å². The zero-order valence-corrected chi connectivity index (χ0v) is 17.6. The third-order valence-corrected chi connectivity index (χ3v) is 4.08. The van der Waals surface area contributed by atoms with Gasteiger partial charge in [0.1, 0.15) is 0 Å². The molecule has 3 heteroatoms. The molecule has 0 heterocycles. The summed E-state index contributed by atoms with van der Waals surface area (Å²) in [5, 5.41) is 6.81. The summed E-state index contributed by atoms with van der Waals surface area (Å²) in [4.78, 5) is 0. The van der Waals surface area contributed by atoms with E-state index in [1.807, 2.05) is 44.8 Å². The SMILES string of the molecule is C#CCC(C/C(=C/NC)CC)NC(CC)CSC.C/C=C\C.C=C. The van der Waals surface area contributed by atoms with Crippen LogP contribution in [0.15, 0.2) is 37.1 Å². The van der Waals surface area contributed by atoms with E-state index < -0.39 is 0 Å². The third kappa shape index (κ3) is 18.9. The van der Waals surface area contributed by atoms with Gasteiger partial charge in [0.15, 0.2) is 0 Å². The van der Waals surface area contributed by atoms with Crippen LogP contribution in [-0.4, -0.2) is 31.1 Å². The summed E-state index contributed by atoms with van der Waals surface area (Å²) in [6, 6.07) is 0.956. The van der Waals surface area contributed by atoms with Gasteiger partial charge in [-0.05, 0) is 45.6 Å². The Morgan fingerprint density at radius 1 is 1.21 bits per heavy atom. The maximum atomic E-state index is 5.48.